The molecule has 15 heteroatoms. The Balaban J connectivity index is 1.29. The third kappa shape index (κ3) is 8.77. The van der Waals surface area contributed by atoms with Crippen LogP contribution >= 0.6 is 5.89 Å². The fourth-order valence-electron chi connectivity index (χ4n) is 6.90. The van der Waals surface area contributed by atoms with Crippen LogP contribution in [0.3, 0.4) is 0 Å². The summed E-state index contributed by atoms with van der Waals surface area (Å²) in [5, 5.41) is 6.25. The number of para-hydroxylation sites is 1. The Labute approximate surface area is 338 Å². The summed E-state index contributed by atoms with van der Waals surface area (Å²) in [4.78, 5) is 37.3. The molecule has 296 valence electrons. The fraction of sp³-hybridized carbons (Fsp3) is 0.286. The number of hydrogen-bond acceptors (Lipinski definition) is 10. The molecule has 3 heterocycles. The molecule has 4 atom stereocenters. The van der Waals surface area contributed by atoms with Gasteiger partial charge in [0.05, 0.1) is 14.2 Å². The van der Waals surface area contributed by atoms with E-state index in [2.05, 4.69) is 40.5 Å². The molecule has 0 saturated carbocycles. The van der Waals surface area contributed by atoms with Crippen LogP contribution in [-0.4, -0.2) is 80.2 Å². The summed E-state index contributed by atoms with van der Waals surface area (Å²) in [6.45, 7) is 5.63. The third-order valence-electron chi connectivity index (χ3n) is 9.77. The van der Waals surface area contributed by atoms with Crippen molar-refractivity contribution in [3.63, 3.8) is 0 Å². The van der Waals surface area contributed by atoms with Crippen molar-refractivity contribution in [1.82, 2.24) is 19.5 Å². The number of hydrogen-bond donors (Lipinski definition) is 3. The fourth-order valence-corrected chi connectivity index (χ4v) is 9.67. The van der Waals surface area contributed by atoms with Gasteiger partial charge in [-0.15, -0.1) is 0 Å². The van der Waals surface area contributed by atoms with Crippen LogP contribution in [0.15, 0.2) is 120 Å². The summed E-state index contributed by atoms with van der Waals surface area (Å²) in [5.41, 5.74) is 2.36. The predicted molar refractivity (Wildman–Crippen MR) is 222 cm³/mol. The second-order valence-corrected chi connectivity index (χ2v) is 20.5. The van der Waals surface area contributed by atoms with Gasteiger partial charge in [-0.3, -0.25) is 0 Å². The first-order valence-electron chi connectivity index (χ1n) is 18.5. The van der Waals surface area contributed by atoms with E-state index in [9.17, 15) is 9.59 Å². The van der Waals surface area contributed by atoms with E-state index in [1.165, 1.54) is 6.33 Å². The van der Waals surface area contributed by atoms with Gasteiger partial charge in [-0.2, -0.15) is 0 Å². The number of rotatable bonds is 15. The molecule has 4 aromatic carbocycles. The summed E-state index contributed by atoms with van der Waals surface area (Å²) in [7, 11) is 3.28. The Morgan fingerprint density at radius 1 is 0.930 bits per heavy atom. The van der Waals surface area contributed by atoms with Crippen LogP contribution in [0.25, 0.3) is 11.2 Å². The minimum atomic E-state index is -2.38. The number of carbonyl (C=O) groups is 1. The molecule has 1 aliphatic rings. The molecule has 0 bridgehead atoms. The molecule has 1 unspecified atom stereocenters. The quantitative estimate of drug-likeness (QED) is 0.0556. The molecule has 2 aromatic heterocycles. The summed E-state index contributed by atoms with van der Waals surface area (Å²) in [5.74, 6) is -1.53. The molecule has 1 saturated heterocycles. The number of fused-ring (bicyclic) bond motifs is 1. The van der Waals surface area contributed by atoms with Gasteiger partial charge in [0.15, 0.2) is 0 Å². The molecule has 1 fully saturated rings. The second kappa shape index (κ2) is 17.2. The van der Waals surface area contributed by atoms with Gasteiger partial charge in [0.2, 0.25) is 0 Å². The summed E-state index contributed by atoms with van der Waals surface area (Å²) < 4.78 is 33.9. The number of amides is 1. The van der Waals surface area contributed by atoms with Crippen LogP contribution in [0.5, 0.6) is 11.5 Å². The third-order valence-corrected chi connectivity index (χ3v) is 12.2. The Bertz CT molecular complexity index is 2360. The van der Waals surface area contributed by atoms with Gasteiger partial charge < -0.3 is 0 Å². The maximum absolute atomic E-state index is 13.1. The normalized spacial score (nSPS) is 18.0. The van der Waals surface area contributed by atoms with Gasteiger partial charge in [0, 0.05) is 0 Å². The Hall–Kier alpha value is -5.07. The van der Waals surface area contributed by atoms with E-state index in [4.69, 9.17) is 23.5 Å². The molecule has 0 aliphatic carbocycles. The van der Waals surface area contributed by atoms with Crippen LogP contribution < -0.4 is 25.4 Å². The molecular formula is C42H45N6O7PSe. The average Bonchev–Trinajstić information content (AvgIpc) is 3.83. The number of methoxy groups -OCH3 is 2. The topological polar surface area (TPSA) is 151 Å². The van der Waals surface area contributed by atoms with Crippen LogP contribution in [0.1, 0.15) is 43.2 Å². The predicted octanol–water partition coefficient (Wildman–Crippen LogP) is 7.09. The van der Waals surface area contributed by atoms with Gasteiger partial charge >= 0.3 is 312 Å². The number of anilines is 2. The van der Waals surface area contributed by atoms with Crippen molar-refractivity contribution in [2.75, 3.05) is 37.9 Å². The zero-order chi connectivity index (χ0) is 40.2. The van der Waals surface area contributed by atoms with Gasteiger partial charge in [-0.25, -0.2) is 0 Å². The number of imidazole rings is 1. The number of aromatic amines is 1. The summed E-state index contributed by atoms with van der Waals surface area (Å²) in [6.07, 6.45) is 0.147. The van der Waals surface area contributed by atoms with Crippen LogP contribution in [0.2, 0.25) is 0 Å². The summed E-state index contributed by atoms with van der Waals surface area (Å²) in [6, 6.07) is 35.6. The Morgan fingerprint density at radius 2 is 1.51 bits per heavy atom. The van der Waals surface area contributed by atoms with E-state index in [0.29, 0.717) is 17.9 Å². The first-order chi connectivity index (χ1) is 27.5. The van der Waals surface area contributed by atoms with Crippen molar-refractivity contribution in [2.45, 2.75) is 44.3 Å². The number of aromatic nitrogens is 4. The van der Waals surface area contributed by atoms with Crippen LogP contribution in [0, 0.1) is 5.92 Å². The molecule has 1 amide bonds. The minimum absolute atomic E-state index is 0.0268. The molecule has 7 rings (SSSR count). The van der Waals surface area contributed by atoms with Crippen molar-refractivity contribution < 1.29 is 28.3 Å². The molecule has 1 aliphatic heterocycles. The van der Waals surface area contributed by atoms with Gasteiger partial charge in [-0.1, -0.05) is 13.8 Å². The first kappa shape index (κ1) is 40.1. The Morgan fingerprint density at radius 3 is 2.09 bits per heavy atom. The number of H-pyrrole nitrogens is 1. The van der Waals surface area contributed by atoms with Crippen molar-refractivity contribution in [3.8, 4) is 11.5 Å². The van der Waals surface area contributed by atoms with Gasteiger partial charge in [0.1, 0.15) is 0 Å². The molecule has 3 N–H and O–H groups in total. The van der Waals surface area contributed by atoms with E-state index in [-0.39, 0.29) is 35.5 Å². The Kier molecular flexibility index (Phi) is 12.1. The zero-order valence-corrected chi connectivity index (χ0v) is 34.9. The van der Waals surface area contributed by atoms with E-state index < -0.39 is 35.5 Å². The van der Waals surface area contributed by atoms with Gasteiger partial charge in [0.25, 0.3) is 0 Å². The molecular weight excluding hydrogens is 810 g/mol. The second-order valence-electron chi connectivity index (χ2n) is 14.0. The molecule has 0 spiro atoms. The summed E-state index contributed by atoms with van der Waals surface area (Å²) >= 11 is 3.28. The number of carbonyl (C=O) groups excluding carboxylic acids is 1. The van der Waals surface area contributed by atoms with E-state index in [1.54, 1.807) is 32.6 Å². The standard InChI is InChI=1S/C42H45N6O7PSe/c1-27(2)39(49)45-41-44-38-37(40(50)46-41)43-26-48(38)36-24-34(55-56(5,57)47-31-14-10-7-11-15-31)35(54-36)25-53-42(28-12-8-6-9-13-28,29-16-20-32(51-3)21-17-29)30-18-22-33(52-4)23-19-30/h6-23,26-27,34-36H,24-25H2,1-5H3,(H,47,57)(H2,44,45,46,49,50)/t34-,35+,36+,56?/m0/s1. The van der Waals surface area contributed by atoms with E-state index in [1.807, 2.05) is 116 Å². The van der Waals surface area contributed by atoms with Crippen molar-refractivity contribution in [2.24, 2.45) is 5.92 Å². The number of nitrogens with zero attached hydrogens (tertiary/aromatic N) is 3. The monoisotopic (exact) mass is 856 g/mol. The van der Waals surface area contributed by atoms with Gasteiger partial charge in [-0.05, 0) is 0 Å². The molecule has 13 nitrogen and oxygen atoms in total. The van der Waals surface area contributed by atoms with Crippen LogP contribution in [-0.2, 0) is 24.4 Å². The zero-order valence-electron chi connectivity index (χ0n) is 32.2. The number of nitrogens with one attached hydrogen (secondary N) is 3. The molecule has 0 radical (unpaired) electrons. The van der Waals surface area contributed by atoms with Crippen molar-refractivity contribution in [1.29, 1.82) is 0 Å². The molecule has 6 aromatic rings. The van der Waals surface area contributed by atoms with Crippen molar-refractivity contribution in [3.05, 3.63) is 143 Å². The van der Waals surface area contributed by atoms with E-state index >= 15 is 0 Å². The maximum atomic E-state index is 13.1. The van der Waals surface area contributed by atoms with E-state index in [0.717, 1.165) is 22.4 Å². The number of ether oxygens (including phenoxy) is 4. The first-order valence-corrected chi connectivity index (χ1v) is 22.9. The average molecular weight is 856 g/mol. The molecule has 57 heavy (non-hydrogen) atoms. The van der Waals surface area contributed by atoms with Crippen molar-refractivity contribution >= 4 is 49.7 Å². The number of benzene rings is 4. The SMILES string of the molecule is COc1ccc(C(OC[C@H]2O[C@@H](n3cnc4c(=O)[nH]c(NC(=O)C(C)C)nc43)C[C@@H]2OP(C)(=[Se])Nc2ccccc2)(c2ccccc2)c2ccc(OC)cc2)cc1. The van der Waals surface area contributed by atoms with Crippen LogP contribution in [0.4, 0.5) is 11.6 Å².